The summed E-state index contributed by atoms with van der Waals surface area (Å²) in [4.78, 5) is 11.2. The van der Waals surface area contributed by atoms with Crippen LogP contribution in [0.3, 0.4) is 0 Å². The van der Waals surface area contributed by atoms with E-state index in [4.69, 9.17) is 9.47 Å². The monoisotopic (exact) mass is 248 g/mol. The summed E-state index contributed by atoms with van der Waals surface area (Å²) in [5, 5.41) is 10.3. The zero-order chi connectivity index (χ0) is 13.0. The number of methoxy groups -OCH3 is 1. The normalized spacial score (nSPS) is 22.3. The highest BCUT2D eigenvalue weighted by atomic mass is 16.6. The van der Waals surface area contributed by atoms with Crippen LogP contribution < -0.4 is 0 Å². The maximum absolute atomic E-state index is 11.2. The zero-order valence-corrected chi connectivity index (χ0v) is 10.2. The molecule has 0 fully saturated rings. The first-order valence-corrected chi connectivity index (χ1v) is 5.85. The number of cyclic esters (lactones) is 1. The second-order valence-corrected chi connectivity index (χ2v) is 4.17. The number of rotatable bonds is 4. The average Bonchev–Trinajstić information content (AvgIpc) is 2.41. The molecule has 1 aliphatic rings. The standard InChI is InChI=1S/C14H16O4/c1-17-14(10-6-3-2-4-7-10)13(16)11-8-5-9-12(15)18-11/h2-7,9,11,13-14,16H,8H2,1H3/t11-,13-,14+/m0/s1. The number of hydrogen-bond acceptors (Lipinski definition) is 4. The van der Waals surface area contributed by atoms with Gasteiger partial charge in [0.25, 0.3) is 0 Å². The van der Waals surface area contributed by atoms with Gasteiger partial charge in [-0.15, -0.1) is 0 Å². The number of hydrogen-bond donors (Lipinski definition) is 1. The largest absolute Gasteiger partial charge is 0.456 e. The number of carbonyl (C=O) groups is 1. The Labute approximate surface area is 106 Å². The molecular weight excluding hydrogens is 232 g/mol. The fourth-order valence-corrected chi connectivity index (χ4v) is 2.05. The molecule has 0 bridgehead atoms. The highest BCUT2D eigenvalue weighted by molar-refractivity contribution is 5.82. The van der Waals surface area contributed by atoms with Gasteiger partial charge in [-0.25, -0.2) is 4.79 Å². The van der Waals surface area contributed by atoms with Crippen molar-refractivity contribution in [2.75, 3.05) is 7.11 Å². The predicted octanol–water partition coefficient (Wildman–Crippen LogP) is 1.61. The molecule has 0 aliphatic carbocycles. The number of ether oxygens (including phenoxy) is 2. The number of carbonyl (C=O) groups excluding carboxylic acids is 1. The fourth-order valence-electron chi connectivity index (χ4n) is 2.05. The lowest BCUT2D eigenvalue weighted by atomic mass is 9.97. The van der Waals surface area contributed by atoms with Gasteiger partial charge in [0.05, 0.1) is 0 Å². The molecule has 1 N–H and O–H groups in total. The van der Waals surface area contributed by atoms with Gasteiger partial charge < -0.3 is 14.6 Å². The Bertz CT molecular complexity index is 427. The highest BCUT2D eigenvalue weighted by Crippen LogP contribution is 2.26. The molecule has 2 rings (SSSR count). The quantitative estimate of drug-likeness (QED) is 0.822. The van der Waals surface area contributed by atoms with Crippen LogP contribution in [0.2, 0.25) is 0 Å². The number of aliphatic hydroxyl groups is 1. The summed E-state index contributed by atoms with van der Waals surface area (Å²) in [6.07, 6.45) is 1.62. The first kappa shape index (κ1) is 12.8. The Kier molecular flexibility index (Phi) is 4.12. The van der Waals surface area contributed by atoms with E-state index in [0.29, 0.717) is 6.42 Å². The number of aliphatic hydroxyl groups excluding tert-OH is 1. The number of benzene rings is 1. The topological polar surface area (TPSA) is 55.8 Å². The molecule has 3 atom stereocenters. The van der Waals surface area contributed by atoms with E-state index < -0.39 is 24.3 Å². The van der Waals surface area contributed by atoms with Crippen LogP contribution >= 0.6 is 0 Å². The van der Waals surface area contributed by atoms with Crippen LogP contribution in [0, 0.1) is 0 Å². The molecular formula is C14H16O4. The first-order valence-electron chi connectivity index (χ1n) is 5.85. The van der Waals surface area contributed by atoms with E-state index in [0.717, 1.165) is 5.56 Å². The van der Waals surface area contributed by atoms with Gasteiger partial charge in [-0.1, -0.05) is 36.4 Å². The van der Waals surface area contributed by atoms with E-state index in [2.05, 4.69) is 0 Å². The maximum atomic E-state index is 11.2. The Morgan fingerprint density at radius 1 is 1.39 bits per heavy atom. The van der Waals surface area contributed by atoms with Gasteiger partial charge >= 0.3 is 5.97 Å². The van der Waals surface area contributed by atoms with Crippen LogP contribution in [0.1, 0.15) is 18.1 Å². The van der Waals surface area contributed by atoms with Crippen LogP contribution in [-0.4, -0.2) is 30.4 Å². The van der Waals surface area contributed by atoms with Crippen molar-refractivity contribution in [3.63, 3.8) is 0 Å². The van der Waals surface area contributed by atoms with Crippen molar-refractivity contribution < 1.29 is 19.4 Å². The molecule has 0 aromatic heterocycles. The van der Waals surface area contributed by atoms with E-state index in [-0.39, 0.29) is 0 Å². The molecule has 1 aromatic carbocycles. The molecule has 0 saturated heterocycles. The van der Waals surface area contributed by atoms with Gasteiger partial charge in [0.15, 0.2) is 0 Å². The third-order valence-electron chi connectivity index (χ3n) is 2.96. The molecule has 1 aliphatic heterocycles. The predicted molar refractivity (Wildman–Crippen MR) is 65.8 cm³/mol. The van der Waals surface area contributed by atoms with Crippen LogP contribution in [0.5, 0.6) is 0 Å². The second kappa shape index (κ2) is 5.80. The van der Waals surface area contributed by atoms with Gasteiger partial charge in [0, 0.05) is 19.6 Å². The zero-order valence-electron chi connectivity index (χ0n) is 10.2. The Hall–Kier alpha value is -1.65. The summed E-state index contributed by atoms with van der Waals surface area (Å²) in [7, 11) is 1.53. The molecule has 0 amide bonds. The summed E-state index contributed by atoms with van der Waals surface area (Å²) in [6.45, 7) is 0. The highest BCUT2D eigenvalue weighted by Gasteiger charge is 2.32. The number of esters is 1. The molecule has 96 valence electrons. The van der Waals surface area contributed by atoms with Gasteiger partial charge in [-0.3, -0.25) is 0 Å². The van der Waals surface area contributed by atoms with E-state index in [1.807, 2.05) is 30.3 Å². The minimum Gasteiger partial charge on any atom is -0.456 e. The minimum atomic E-state index is -0.883. The summed E-state index contributed by atoms with van der Waals surface area (Å²) in [6, 6.07) is 9.39. The van der Waals surface area contributed by atoms with Crippen LogP contribution in [0.25, 0.3) is 0 Å². The lowest BCUT2D eigenvalue weighted by Gasteiger charge is -2.29. The van der Waals surface area contributed by atoms with E-state index in [1.54, 1.807) is 6.08 Å². The molecule has 4 nitrogen and oxygen atoms in total. The van der Waals surface area contributed by atoms with Crippen molar-refractivity contribution in [2.24, 2.45) is 0 Å². The van der Waals surface area contributed by atoms with Gasteiger partial charge in [-0.05, 0) is 5.56 Å². The van der Waals surface area contributed by atoms with Gasteiger partial charge in [0.2, 0.25) is 0 Å². The van der Waals surface area contributed by atoms with Gasteiger partial charge in [-0.2, -0.15) is 0 Å². The Balaban J connectivity index is 2.13. The third-order valence-corrected chi connectivity index (χ3v) is 2.96. The molecule has 18 heavy (non-hydrogen) atoms. The van der Waals surface area contributed by atoms with Crippen LogP contribution in [0.4, 0.5) is 0 Å². The SMILES string of the molecule is CO[C@H](c1ccccc1)[C@@H](O)[C@@H]1CC=CC(=O)O1. The summed E-state index contributed by atoms with van der Waals surface area (Å²) in [5.41, 5.74) is 0.859. The lowest BCUT2D eigenvalue weighted by Crippen LogP contribution is -2.37. The molecule has 1 aromatic rings. The summed E-state index contributed by atoms with van der Waals surface area (Å²) >= 11 is 0. The van der Waals surface area contributed by atoms with Crippen molar-refractivity contribution >= 4 is 5.97 Å². The molecule has 0 unspecified atom stereocenters. The van der Waals surface area contributed by atoms with E-state index in [9.17, 15) is 9.90 Å². The van der Waals surface area contributed by atoms with E-state index in [1.165, 1.54) is 13.2 Å². The summed E-state index contributed by atoms with van der Waals surface area (Å²) in [5.74, 6) is -0.423. The third kappa shape index (κ3) is 2.78. The molecule has 1 heterocycles. The average molecular weight is 248 g/mol. The second-order valence-electron chi connectivity index (χ2n) is 4.17. The van der Waals surface area contributed by atoms with Crippen LogP contribution in [-0.2, 0) is 14.3 Å². The van der Waals surface area contributed by atoms with Crippen molar-refractivity contribution in [3.8, 4) is 0 Å². The minimum absolute atomic E-state index is 0.423. The fraction of sp³-hybridized carbons (Fsp3) is 0.357. The van der Waals surface area contributed by atoms with Gasteiger partial charge in [0.1, 0.15) is 18.3 Å². The molecule has 0 spiro atoms. The van der Waals surface area contributed by atoms with Crippen LogP contribution in [0.15, 0.2) is 42.5 Å². The first-order chi connectivity index (χ1) is 8.72. The molecule has 0 saturated carbocycles. The molecule has 0 radical (unpaired) electrons. The van der Waals surface area contributed by atoms with Crippen molar-refractivity contribution in [2.45, 2.75) is 24.7 Å². The Morgan fingerprint density at radius 2 is 2.11 bits per heavy atom. The Morgan fingerprint density at radius 3 is 2.72 bits per heavy atom. The maximum Gasteiger partial charge on any atom is 0.330 e. The summed E-state index contributed by atoms with van der Waals surface area (Å²) < 4.78 is 10.4. The van der Waals surface area contributed by atoms with Crippen molar-refractivity contribution in [1.29, 1.82) is 0 Å². The van der Waals surface area contributed by atoms with Crippen molar-refractivity contribution in [3.05, 3.63) is 48.0 Å². The van der Waals surface area contributed by atoms with E-state index >= 15 is 0 Å². The molecule has 4 heteroatoms. The lowest BCUT2D eigenvalue weighted by molar-refractivity contribution is -0.157. The smallest absolute Gasteiger partial charge is 0.330 e. The van der Waals surface area contributed by atoms with Crippen molar-refractivity contribution in [1.82, 2.24) is 0 Å².